The van der Waals surface area contributed by atoms with Gasteiger partial charge in [0.05, 0.1) is 18.3 Å². The van der Waals surface area contributed by atoms with Crippen LogP contribution in [-0.4, -0.2) is 30.8 Å². The molecule has 0 saturated carbocycles. The minimum Gasteiger partial charge on any atom is -0.340 e. The van der Waals surface area contributed by atoms with E-state index in [-0.39, 0.29) is 0 Å². The van der Waals surface area contributed by atoms with E-state index in [9.17, 15) is 8.42 Å². The van der Waals surface area contributed by atoms with Gasteiger partial charge in [-0.1, -0.05) is 0 Å². The Balaban J connectivity index is 2.36. The molecule has 0 aliphatic rings. The Morgan fingerprint density at radius 3 is 2.77 bits per heavy atom. The first-order chi connectivity index (χ1) is 5.97. The molecule has 1 aromatic heterocycles. The fourth-order valence-corrected chi connectivity index (χ4v) is 1.43. The Kier molecular flexibility index (Phi) is 3.05. The van der Waals surface area contributed by atoms with E-state index in [4.69, 9.17) is 0 Å². The molecule has 0 bridgehead atoms. The van der Waals surface area contributed by atoms with Gasteiger partial charge in [0.1, 0.15) is 0 Å². The zero-order chi connectivity index (χ0) is 9.90. The highest BCUT2D eigenvalue weighted by atomic mass is 32.2. The number of aromatic nitrogens is 2. The van der Waals surface area contributed by atoms with Crippen molar-refractivity contribution in [3.63, 3.8) is 0 Å². The van der Waals surface area contributed by atoms with Gasteiger partial charge < -0.3 is 4.57 Å². The molecule has 0 amide bonds. The van der Waals surface area contributed by atoms with E-state index in [0.717, 1.165) is 11.9 Å². The van der Waals surface area contributed by atoms with Gasteiger partial charge in [0.25, 0.3) is 0 Å². The topological polar surface area (TPSA) is 64.0 Å². The first-order valence-electron chi connectivity index (χ1n) is 3.89. The van der Waals surface area contributed by atoms with Crippen LogP contribution in [0.5, 0.6) is 0 Å². The van der Waals surface area contributed by atoms with E-state index in [1.54, 1.807) is 6.33 Å². The van der Waals surface area contributed by atoms with Crippen LogP contribution >= 0.6 is 0 Å². The summed E-state index contributed by atoms with van der Waals surface area (Å²) in [6, 6.07) is 0. The molecule has 0 aliphatic heterocycles. The fourth-order valence-electron chi connectivity index (χ4n) is 0.961. The van der Waals surface area contributed by atoms with Gasteiger partial charge in [0, 0.05) is 26.2 Å². The summed E-state index contributed by atoms with van der Waals surface area (Å²) in [7, 11) is -1.20. The van der Waals surface area contributed by atoms with Gasteiger partial charge in [0.15, 0.2) is 0 Å². The zero-order valence-electron chi connectivity index (χ0n) is 7.69. The number of imidazole rings is 1. The van der Waals surface area contributed by atoms with Crippen LogP contribution in [0.1, 0.15) is 5.69 Å². The number of hydrogen-bond acceptors (Lipinski definition) is 3. The van der Waals surface area contributed by atoms with Crippen LogP contribution in [0, 0.1) is 0 Å². The van der Waals surface area contributed by atoms with Crippen molar-refractivity contribution in [2.75, 3.05) is 12.8 Å². The summed E-state index contributed by atoms with van der Waals surface area (Å²) in [5, 5.41) is 0. The SMILES string of the molecule is Cn1cnc(CCNS(C)(=O)=O)c1. The molecule has 0 unspecified atom stereocenters. The Morgan fingerprint density at radius 2 is 2.31 bits per heavy atom. The van der Waals surface area contributed by atoms with Crippen LogP contribution in [-0.2, 0) is 23.5 Å². The van der Waals surface area contributed by atoms with E-state index < -0.39 is 10.0 Å². The van der Waals surface area contributed by atoms with Crippen molar-refractivity contribution in [2.45, 2.75) is 6.42 Å². The molecule has 1 heterocycles. The average Bonchev–Trinajstić information content (AvgIpc) is 2.33. The predicted molar refractivity (Wildman–Crippen MR) is 49.8 cm³/mol. The van der Waals surface area contributed by atoms with Crippen molar-refractivity contribution >= 4 is 10.0 Å². The molecule has 0 aromatic carbocycles. The largest absolute Gasteiger partial charge is 0.340 e. The fraction of sp³-hybridized carbons (Fsp3) is 0.571. The Bertz CT molecular complexity index is 369. The molecule has 13 heavy (non-hydrogen) atoms. The maximum atomic E-state index is 10.7. The number of aryl methyl sites for hydroxylation is 1. The van der Waals surface area contributed by atoms with Crippen LogP contribution in [0.2, 0.25) is 0 Å². The number of rotatable bonds is 4. The smallest absolute Gasteiger partial charge is 0.208 e. The maximum absolute atomic E-state index is 10.7. The van der Waals surface area contributed by atoms with Gasteiger partial charge in [-0.3, -0.25) is 0 Å². The molecule has 0 aliphatic carbocycles. The van der Waals surface area contributed by atoms with Crippen LogP contribution in [0.25, 0.3) is 0 Å². The van der Waals surface area contributed by atoms with E-state index in [2.05, 4.69) is 9.71 Å². The Hall–Kier alpha value is -0.880. The molecule has 0 saturated heterocycles. The van der Waals surface area contributed by atoms with Gasteiger partial charge in [-0.25, -0.2) is 18.1 Å². The second kappa shape index (κ2) is 3.89. The minimum absolute atomic E-state index is 0.399. The Labute approximate surface area is 77.8 Å². The lowest BCUT2D eigenvalue weighted by molar-refractivity contribution is 0.587. The number of nitrogens with one attached hydrogen (secondary N) is 1. The van der Waals surface area contributed by atoms with Crippen LogP contribution in [0.3, 0.4) is 0 Å². The summed E-state index contributed by atoms with van der Waals surface area (Å²) in [5.41, 5.74) is 0.888. The lowest BCUT2D eigenvalue weighted by atomic mass is 10.3. The summed E-state index contributed by atoms with van der Waals surface area (Å²) in [6.07, 6.45) is 5.32. The van der Waals surface area contributed by atoms with Crippen molar-refractivity contribution in [1.29, 1.82) is 0 Å². The number of nitrogens with zero attached hydrogens (tertiary/aromatic N) is 2. The molecular weight excluding hydrogens is 190 g/mol. The second-order valence-corrected chi connectivity index (χ2v) is 4.78. The average molecular weight is 203 g/mol. The lowest BCUT2D eigenvalue weighted by Gasteiger charge is -1.98. The number of sulfonamides is 1. The van der Waals surface area contributed by atoms with Crippen molar-refractivity contribution in [2.24, 2.45) is 7.05 Å². The van der Waals surface area contributed by atoms with E-state index in [1.165, 1.54) is 0 Å². The van der Waals surface area contributed by atoms with Crippen molar-refractivity contribution < 1.29 is 8.42 Å². The monoisotopic (exact) mass is 203 g/mol. The highest BCUT2D eigenvalue weighted by Crippen LogP contribution is 1.94. The molecule has 5 nitrogen and oxygen atoms in total. The van der Waals surface area contributed by atoms with Crippen molar-refractivity contribution in [3.05, 3.63) is 18.2 Å². The van der Waals surface area contributed by atoms with Gasteiger partial charge in [-0.2, -0.15) is 0 Å². The minimum atomic E-state index is -3.07. The molecule has 1 rings (SSSR count). The quantitative estimate of drug-likeness (QED) is 0.718. The highest BCUT2D eigenvalue weighted by molar-refractivity contribution is 7.88. The molecular formula is C7H13N3O2S. The third-order valence-corrected chi connectivity index (χ3v) is 2.23. The molecule has 6 heteroatoms. The maximum Gasteiger partial charge on any atom is 0.208 e. The van der Waals surface area contributed by atoms with E-state index in [1.807, 2.05) is 17.8 Å². The highest BCUT2D eigenvalue weighted by Gasteiger charge is 2.01. The lowest BCUT2D eigenvalue weighted by Crippen LogP contribution is -2.24. The summed E-state index contributed by atoms with van der Waals surface area (Å²) in [4.78, 5) is 4.06. The molecule has 1 aromatic rings. The summed E-state index contributed by atoms with van der Waals surface area (Å²) < 4.78 is 25.6. The van der Waals surface area contributed by atoms with Crippen molar-refractivity contribution in [3.8, 4) is 0 Å². The number of hydrogen-bond donors (Lipinski definition) is 1. The van der Waals surface area contributed by atoms with E-state index in [0.29, 0.717) is 13.0 Å². The first-order valence-corrected chi connectivity index (χ1v) is 5.78. The molecule has 0 fully saturated rings. The third kappa shape index (κ3) is 4.05. The molecule has 74 valence electrons. The van der Waals surface area contributed by atoms with Gasteiger partial charge in [-0.05, 0) is 0 Å². The first kappa shape index (κ1) is 10.2. The molecule has 0 radical (unpaired) electrons. The summed E-state index contributed by atoms with van der Waals surface area (Å²) in [5.74, 6) is 0. The van der Waals surface area contributed by atoms with Crippen LogP contribution in [0.15, 0.2) is 12.5 Å². The van der Waals surface area contributed by atoms with Crippen LogP contribution in [0.4, 0.5) is 0 Å². The Morgan fingerprint density at radius 1 is 1.62 bits per heavy atom. The van der Waals surface area contributed by atoms with E-state index >= 15 is 0 Å². The standard InChI is InChI=1S/C7H13N3O2S/c1-10-5-7(8-6-10)3-4-9-13(2,11)12/h5-6,9H,3-4H2,1-2H3. The zero-order valence-corrected chi connectivity index (χ0v) is 8.50. The summed E-state index contributed by atoms with van der Waals surface area (Å²) in [6.45, 7) is 0.399. The van der Waals surface area contributed by atoms with Crippen molar-refractivity contribution in [1.82, 2.24) is 14.3 Å². The normalized spacial score (nSPS) is 11.8. The second-order valence-electron chi connectivity index (χ2n) is 2.95. The predicted octanol–water partition coefficient (Wildman–Crippen LogP) is -0.488. The van der Waals surface area contributed by atoms with Gasteiger partial charge in [-0.15, -0.1) is 0 Å². The molecule has 1 N–H and O–H groups in total. The van der Waals surface area contributed by atoms with Gasteiger partial charge in [0.2, 0.25) is 10.0 Å². The third-order valence-electron chi connectivity index (χ3n) is 1.50. The molecule has 0 spiro atoms. The summed E-state index contributed by atoms with van der Waals surface area (Å²) >= 11 is 0. The molecule has 0 atom stereocenters. The van der Waals surface area contributed by atoms with Gasteiger partial charge >= 0.3 is 0 Å². The van der Waals surface area contributed by atoms with Crippen LogP contribution < -0.4 is 4.72 Å².